The summed E-state index contributed by atoms with van der Waals surface area (Å²) in [6.45, 7) is 8.26. The van der Waals surface area contributed by atoms with Gasteiger partial charge in [-0.1, -0.05) is 12.1 Å². The number of rotatable bonds is 3. The zero-order valence-corrected chi connectivity index (χ0v) is 11.7. The molecular weight excluding hydrogens is 238 g/mol. The third kappa shape index (κ3) is 4.21. The Kier molecular flexibility index (Phi) is 3.64. The molecule has 0 saturated carbocycles. The molecule has 0 bridgehead atoms. The summed E-state index contributed by atoms with van der Waals surface area (Å²) in [5.41, 5.74) is 2.08. The lowest BCUT2D eigenvalue weighted by molar-refractivity contribution is 0.629. The first kappa shape index (κ1) is 13.3. The van der Waals surface area contributed by atoms with Gasteiger partial charge in [0.05, 0.1) is 6.20 Å². The van der Waals surface area contributed by atoms with Crippen molar-refractivity contribution in [1.82, 2.24) is 15.2 Å². The van der Waals surface area contributed by atoms with Gasteiger partial charge in [-0.05, 0) is 45.4 Å². The minimum Gasteiger partial charge on any atom is -0.364 e. The minimum absolute atomic E-state index is 0.0589. The van der Waals surface area contributed by atoms with Crippen molar-refractivity contribution < 1.29 is 0 Å². The van der Waals surface area contributed by atoms with Gasteiger partial charge >= 0.3 is 0 Å². The molecule has 19 heavy (non-hydrogen) atoms. The van der Waals surface area contributed by atoms with E-state index in [0.717, 1.165) is 5.69 Å². The van der Waals surface area contributed by atoms with Gasteiger partial charge in [0.2, 0.25) is 5.95 Å². The van der Waals surface area contributed by atoms with Crippen molar-refractivity contribution in [3.05, 3.63) is 36.0 Å². The quantitative estimate of drug-likeness (QED) is 0.884. The van der Waals surface area contributed by atoms with E-state index in [0.29, 0.717) is 11.8 Å². The van der Waals surface area contributed by atoms with Crippen molar-refractivity contribution in [1.29, 1.82) is 0 Å². The minimum atomic E-state index is -0.0589. The number of nitrogens with zero attached hydrogens (tertiary/aromatic N) is 3. The van der Waals surface area contributed by atoms with Crippen LogP contribution >= 0.6 is 0 Å². The molecule has 0 aliphatic rings. The summed E-state index contributed by atoms with van der Waals surface area (Å²) in [7, 11) is 0. The van der Waals surface area contributed by atoms with E-state index in [1.807, 2.05) is 31.2 Å². The van der Waals surface area contributed by atoms with Crippen molar-refractivity contribution in [3.8, 4) is 0 Å². The summed E-state index contributed by atoms with van der Waals surface area (Å²) in [5, 5.41) is 14.3. The predicted molar refractivity (Wildman–Crippen MR) is 77.7 cm³/mol. The fourth-order valence-electron chi connectivity index (χ4n) is 1.65. The zero-order valence-electron chi connectivity index (χ0n) is 11.7. The lowest BCUT2D eigenvalue weighted by atomic mass is 10.1. The monoisotopic (exact) mass is 257 g/mol. The smallest absolute Gasteiger partial charge is 0.249 e. The SMILES string of the molecule is Cc1cccc(Nc2nncc(NC(C)(C)C)n2)c1. The van der Waals surface area contributed by atoms with E-state index in [1.165, 1.54) is 5.56 Å². The summed E-state index contributed by atoms with van der Waals surface area (Å²) >= 11 is 0. The topological polar surface area (TPSA) is 62.7 Å². The Hall–Kier alpha value is -2.17. The molecule has 0 amide bonds. The fraction of sp³-hybridized carbons (Fsp3) is 0.357. The molecule has 0 fully saturated rings. The van der Waals surface area contributed by atoms with Crippen LogP contribution < -0.4 is 10.6 Å². The van der Waals surface area contributed by atoms with E-state index in [-0.39, 0.29) is 5.54 Å². The molecule has 5 heteroatoms. The first-order valence-electron chi connectivity index (χ1n) is 6.24. The Bertz CT molecular complexity index is 560. The number of hydrogen-bond acceptors (Lipinski definition) is 5. The summed E-state index contributed by atoms with van der Waals surface area (Å²) in [5.74, 6) is 1.19. The molecule has 2 aromatic rings. The number of aromatic nitrogens is 3. The highest BCUT2D eigenvalue weighted by molar-refractivity contribution is 5.55. The van der Waals surface area contributed by atoms with Gasteiger partial charge in [-0.3, -0.25) is 0 Å². The van der Waals surface area contributed by atoms with Crippen LogP contribution in [-0.2, 0) is 0 Å². The average Bonchev–Trinajstić information content (AvgIpc) is 2.27. The first-order valence-corrected chi connectivity index (χ1v) is 6.24. The lowest BCUT2D eigenvalue weighted by Crippen LogP contribution is -2.27. The second-order valence-electron chi connectivity index (χ2n) is 5.53. The van der Waals surface area contributed by atoms with E-state index in [2.05, 4.69) is 46.6 Å². The molecule has 100 valence electrons. The normalized spacial score (nSPS) is 11.2. The number of anilines is 3. The Balaban J connectivity index is 2.15. The van der Waals surface area contributed by atoms with Gasteiger partial charge in [0.1, 0.15) is 0 Å². The molecule has 0 aliphatic carbocycles. The molecule has 1 aromatic heterocycles. The van der Waals surface area contributed by atoms with Crippen LogP contribution in [0.1, 0.15) is 26.3 Å². The molecule has 0 atom stereocenters. The molecule has 0 spiro atoms. The van der Waals surface area contributed by atoms with Crippen LogP contribution in [0.3, 0.4) is 0 Å². The summed E-state index contributed by atoms with van der Waals surface area (Å²) < 4.78 is 0. The van der Waals surface area contributed by atoms with Crippen LogP contribution in [0.15, 0.2) is 30.5 Å². The van der Waals surface area contributed by atoms with Gasteiger partial charge in [-0.15, -0.1) is 5.10 Å². The highest BCUT2D eigenvalue weighted by Gasteiger charge is 2.11. The van der Waals surface area contributed by atoms with Crippen LogP contribution in [0.2, 0.25) is 0 Å². The fourth-order valence-corrected chi connectivity index (χ4v) is 1.65. The molecule has 1 heterocycles. The van der Waals surface area contributed by atoms with Gasteiger partial charge in [-0.2, -0.15) is 10.1 Å². The van der Waals surface area contributed by atoms with Crippen molar-refractivity contribution in [2.45, 2.75) is 33.2 Å². The zero-order chi connectivity index (χ0) is 13.9. The standard InChI is InChI=1S/C14H19N5/c1-10-6-5-7-11(8-10)16-13-17-12(9-15-19-13)18-14(2,3)4/h5-9H,1-4H3,(H2,16,17,18,19). The second kappa shape index (κ2) is 5.22. The summed E-state index contributed by atoms with van der Waals surface area (Å²) in [6.07, 6.45) is 1.62. The van der Waals surface area contributed by atoms with Crippen LogP contribution in [-0.4, -0.2) is 20.7 Å². The average molecular weight is 257 g/mol. The molecule has 1 aromatic carbocycles. The molecule has 2 N–H and O–H groups in total. The van der Waals surface area contributed by atoms with Gasteiger partial charge in [0.25, 0.3) is 0 Å². The van der Waals surface area contributed by atoms with Crippen LogP contribution in [0.25, 0.3) is 0 Å². The Morgan fingerprint density at radius 1 is 1.16 bits per heavy atom. The molecule has 5 nitrogen and oxygen atoms in total. The number of benzene rings is 1. The third-order valence-electron chi connectivity index (χ3n) is 2.34. The third-order valence-corrected chi connectivity index (χ3v) is 2.34. The van der Waals surface area contributed by atoms with Crippen LogP contribution in [0, 0.1) is 6.92 Å². The van der Waals surface area contributed by atoms with E-state index in [4.69, 9.17) is 0 Å². The van der Waals surface area contributed by atoms with Gasteiger partial charge in [0.15, 0.2) is 5.82 Å². The van der Waals surface area contributed by atoms with Gasteiger partial charge < -0.3 is 10.6 Å². The Labute approximate surface area is 113 Å². The van der Waals surface area contributed by atoms with Crippen LogP contribution in [0.5, 0.6) is 0 Å². The van der Waals surface area contributed by atoms with Crippen molar-refractivity contribution in [3.63, 3.8) is 0 Å². The number of aryl methyl sites for hydroxylation is 1. The molecular formula is C14H19N5. The second-order valence-corrected chi connectivity index (χ2v) is 5.53. The maximum atomic E-state index is 4.39. The predicted octanol–water partition coefficient (Wildman–Crippen LogP) is 3.13. The van der Waals surface area contributed by atoms with E-state index < -0.39 is 0 Å². The van der Waals surface area contributed by atoms with E-state index in [9.17, 15) is 0 Å². The van der Waals surface area contributed by atoms with Gasteiger partial charge in [0, 0.05) is 11.2 Å². The van der Waals surface area contributed by atoms with Crippen molar-refractivity contribution in [2.24, 2.45) is 0 Å². The Morgan fingerprint density at radius 2 is 1.95 bits per heavy atom. The summed E-state index contributed by atoms with van der Waals surface area (Å²) in [4.78, 5) is 4.39. The first-order chi connectivity index (χ1) is 8.92. The number of nitrogens with one attached hydrogen (secondary N) is 2. The molecule has 0 unspecified atom stereocenters. The Morgan fingerprint density at radius 3 is 2.63 bits per heavy atom. The van der Waals surface area contributed by atoms with Crippen molar-refractivity contribution >= 4 is 17.5 Å². The molecule has 0 radical (unpaired) electrons. The summed E-state index contributed by atoms with van der Waals surface area (Å²) in [6, 6.07) is 8.04. The van der Waals surface area contributed by atoms with Crippen LogP contribution in [0.4, 0.5) is 17.5 Å². The van der Waals surface area contributed by atoms with E-state index in [1.54, 1.807) is 6.20 Å². The van der Waals surface area contributed by atoms with Crippen molar-refractivity contribution in [2.75, 3.05) is 10.6 Å². The van der Waals surface area contributed by atoms with Gasteiger partial charge in [-0.25, -0.2) is 0 Å². The number of hydrogen-bond donors (Lipinski definition) is 2. The highest BCUT2D eigenvalue weighted by Crippen LogP contribution is 2.16. The maximum absolute atomic E-state index is 4.39. The largest absolute Gasteiger partial charge is 0.364 e. The lowest BCUT2D eigenvalue weighted by Gasteiger charge is -2.20. The van der Waals surface area contributed by atoms with E-state index >= 15 is 0 Å². The molecule has 0 aliphatic heterocycles. The molecule has 2 rings (SSSR count). The highest BCUT2D eigenvalue weighted by atomic mass is 15.3. The molecule has 0 saturated heterocycles. The maximum Gasteiger partial charge on any atom is 0.249 e.